The lowest BCUT2D eigenvalue weighted by Gasteiger charge is -2.17. The molecule has 0 aliphatic heterocycles. The predicted molar refractivity (Wildman–Crippen MR) is 70.4 cm³/mol. The summed E-state index contributed by atoms with van der Waals surface area (Å²) >= 11 is 0. The van der Waals surface area contributed by atoms with Gasteiger partial charge in [-0.05, 0) is 18.5 Å². The lowest BCUT2D eigenvalue weighted by atomic mass is 10.1. The number of nitrogens with one attached hydrogen (secondary N) is 1. The molecule has 1 aromatic carbocycles. The summed E-state index contributed by atoms with van der Waals surface area (Å²) in [6.45, 7) is 3.97. The largest absolute Gasteiger partial charge is 0.329 e. The first kappa shape index (κ1) is 13.2. The van der Waals surface area contributed by atoms with E-state index >= 15 is 0 Å². The summed E-state index contributed by atoms with van der Waals surface area (Å²) in [6, 6.07) is 10.8. The fourth-order valence-electron chi connectivity index (χ4n) is 1.85. The summed E-state index contributed by atoms with van der Waals surface area (Å²) in [4.78, 5) is 0. The number of unbranched alkanes of at least 4 members (excludes halogenated alkanes) is 3. The molecule has 1 unspecified atom stereocenters. The van der Waals surface area contributed by atoms with E-state index in [4.69, 9.17) is 5.73 Å². The number of benzene rings is 1. The van der Waals surface area contributed by atoms with E-state index in [1.54, 1.807) is 0 Å². The van der Waals surface area contributed by atoms with Gasteiger partial charge in [-0.1, -0.05) is 56.5 Å². The Morgan fingerprint density at radius 3 is 2.50 bits per heavy atom. The van der Waals surface area contributed by atoms with Crippen molar-refractivity contribution in [3.8, 4) is 0 Å². The van der Waals surface area contributed by atoms with Crippen molar-refractivity contribution in [1.29, 1.82) is 0 Å². The van der Waals surface area contributed by atoms with Gasteiger partial charge in [-0.2, -0.15) is 0 Å². The van der Waals surface area contributed by atoms with Gasteiger partial charge in [0.15, 0.2) is 0 Å². The minimum Gasteiger partial charge on any atom is -0.329 e. The molecule has 0 amide bonds. The van der Waals surface area contributed by atoms with Gasteiger partial charge >= 0.3 is 0 Å². The van der Waals surface area contributed by atoms with Crippen molar-refractivity contribution in [3.05, 3.63) is 35.9 Å². The molecule has 1 rings (SSSR count). The second kappa shape index (κ2) is 8.31. The van der Waals surface area contributed by atoms with Crippen molar-refractivity contribution >= 4 is 0 Å². The van der Waals surface area contributed by atoms with Crippen molar-refractivity contribution in [2.24, 2.45) is 5.73 Å². The van der Waals surface area contributed by atoms with Crippen molar-refractivity contribution in [3.63, 3.8) is 0 Å². The van der Waals surface area contributed by atoms with E-state index in [0.29, 0.717) is 12.6 Å². The van der Waals surface area contributed by atoms with Crippen LogP contribution >= 0.6 is 0 Å². The molecule has 1 aromatic rings. The maximum atomic E-state index is 5.78. The molecule has 0 saturated carbocycles. The van der Waals surface area contributed by atoms with Crippen LogP contribution in [-0.2, 0) is 0 Å². The van der Waals surface area contributed by atoms with Crippen molar-refractivity contribution in [2.75, 3.05) is 13.1 Å². The Morgan fingerprint density at radius 1 is 1.12 bits per heavy atom. The summed E-state index contributed by atoms with van der Waals surface area (Å²) in [6.07, 6.45) is 5.19. The Balaban J connectivity index is 2.27. The van der Waals surface area contributed by atoms with Gasteiger partial charge in [-0.25, -0.2) is 0 Å². The SMILES string of the molecule is CCCCCCNC(CN)c1ccccc1. The van der Waals surface area contributed by atoms with E-state index in [-0.39, 0.29) is 0 Å². The monoisotopic (exact) mass is 220 g/mol. The van der Waals surface area contributed by atoms with Crippen LogP contribution in [0.2, 0.25) is 0 Å². The maximum Gasteiger partial charge on any atom is 0.0444 e. The van der Waals surface area contributed by atoms with Crippen LogP contribution in [0.1, 0.15) is 44.2 Å². The van der Waals surface area contributed by atoms with Crippen LogP contribution in [0, 0.1) is 0 Å². The Kier molecular flexibility index (Phi) is 6.86. The third-order valence-corrected chi connectivity index (χ3v) is 2.86. The van der Waals surface area contributed by atoms with E-state index in [0.717, 1.165) is 6.54 Å². The summed E-state index contributed by atoms with van der Waals surface area (Å²) < 4.78 is 0. The molecule has 0 aliphatic carbocycles. The molecular formula is C14H24N2. The van der Waals surface area contributed by atoms with Crippen LogP contribution in [0.15, 0.2) is 30.3 Å². The summed E-state index contributed by atoms with van der Waals surface area (Å²) in [7, 11) is 0. The standard InChI is InChI=1S/C14H24N2/c1-2-3-4-8-11-16-14(12-15)13-9-6-5-7-10-13/h5-7,9-10,14,16H,2-4,8,11-12,15H2,1H3. The fourth-order valence-corrected chi connectivity index (χ4v) is 1.85. The molecule has 0 saturated heterocycles. The van der Waals surface area contributed by atoms with Gasteiger partial charge in [0.1, 0.15) is 0 Å². The van der Waals surface area contributed by atoms with E-state index in [2.05, 4.69) is 36.5 Å². The Morgan fingerprint density at radius 2 is 1.88 bits per heavy atom. The molecule has 0 heterocycles. The molecule has 0 aliphatic rings. The minimum absolute atomic E-state index is 0.308. The molecule has 0 radical (unpaired) electrons. The molecule has 16 heavy (non-hydrogen) atoms. The zero-order chi connectivity index (χ0) is 11.6. The van der Waals surface area contributed by atoms with Crippen LogP contribution in [0.25, 0.3) is 0 Å². The molecule has 0 fully saturated rings. The van der Waals surface area contributed by atoms with E-state index < -0.39 is 0 Å². The first-order valence-electron chi connectivity index (χ1n) is 6.37. The van der Waals surface area contributed by atoms with Gasteiger partial charge < -0.3 is 11.1 Å². The zero-order valence-electron chi connectivity index (χ0n) is 10.3. The number of rotatable bonds is 8. The second-order valence-electron chi connectivity index (χ2n) is 4.21. The molecule has 90 valence electrons. The van der Waals surface area contributed by atoms with Crippen molar-refractivity contribution in [1.82, 2.24) is 5.32 Å². The molecule has 0 aromatic heterocycles. The van der Waals surface area contributed by atoms with Crippen molar-refractivity contribution in [2.45, 2.75) is 38.6 Å². The quantitative estimate of drug-likeness (QED) is 0.661. The maximum absolute atomic E-state index is 5.78. The summed E-state index contributed by atoms with van der Waals surface area (Å²) in [5, 5.41) is 3.52. The van der Waals surface area contributed by atoms with Gasteiger partial charge in [0, 0.05) is 12.6 Å². The van der Waals surface area contributed by atoms with Gasteiger partial charge in [0.2, 0.25) is 0 Å². The number of hydrogen-bond donors (Lipinski definition) is 2. The highest BCUT2D eigenvalue weighted by Crippen LogP contribution is 2.10. The topological polar surface area (TPSA) is 38.0 Å². The highest BCUT2D eigenvalue weighted by molar-refractivity contribution is 5.19. The van der Waals surface area contributed by atoms with Gasteiger partial charge in [0.25, 0.3) is 0 Å². The number of nitrogens with two attached hydrogens (primary N) is 1. The third-order valence-electron chi connectivity index (χ3n) is 2.86. The van der Waals surface area contributed by atoms with Gasteiger partial charge in [-0.3, -0.25) is 0 Å². The Labute approximate surface area is 99.2 Å². The van der Waals surface area contributed by atoms with Gasteiger partial charge in [-0.15, -0.1) is 0 Å². The van der Waals surface area contributed by atoms with E-state index in [1.165, 1.54) is 31.2 Å². The average molecular weight is 220 g/mol. The first-order valence-corrected chi connectivity index (χ1v) is 6.37. The Bertz CT molecular complexity index is 259. The second-order valence-corrected chi connectivity index (χ2v) is 4.21. The van der Waals surface area contributed by atoms with Crippen molar-refractivity contribution < 1.29 is 0 Å². The zero-order valence-corrected chi connectivity index (χ0v) is 10.3. The normalized spacial score (nSPS) is 12.6. The highest BCUT2D eigenvalue weighted by atomic mass is 14.9. The molecular weight excluding hydrogens is 196 g/mol. The van der Waals surface area contributed by atoms with E-state index in [9.17, 15) is 0 Å². The van der Waals surface area contributed by atoms with Gasteiger partial charge in [0.05, 0.1) is 0 Å². The third kappa shape index (κ3) is 4.77. The molecule has 1 atom stereocenters. The number of hydrogen-bond acceptors (Lipinski definition) is 2. The molecule has 2 heteroatoms. The van der Waals surface area contributed by atoms with Crippen LogP contribution in [0.3, 0.4) is 0 Å². The predicted octanol–water partition coefficient (Wildman–Crippen LogP) is 2.86. The molecule has 0 spiro atoms. The smallest absolute Gasteiger partial charge is 0.0444 e. The lowest BCUT2D eigenvalue weighted by molar-refractivity contribution is 0.515. The van der Waals surface area contributed by atoms with Crippen LogP contribution in [0.5, 0.6) is 0 Å². The van der Waals surface area contributed by atoms with Crippen LogP contribution < -0.4 is 11.1 Å². The average Bonchev–Trinajstić information content (AvgIpc) is 2.35. The Hall–Kier alpha value is -0.860. The fraction of sp³-hybridized carbons (Fsp3) is 0.571. The first-order chi connectivity index (χ1) is 7.88. The summed E-state index contributed by atoms with van der Waals surface area (Å²) in [5.41, 5.74) is 7.08. The molecule has 2 nitrogen and oxygen atoms in total. The summed E-state index contributed by atoms with van der Waals surface area (Å²) in [5.74, 6) is 0. The minimum atomic E-state index is 0.308. The molecule has 3 N–H and O–H groups in total. The lowest BCUT2D eigenvalue weighted by Crippen LogP contribution is -2.28. The van der Waals surface area contributed by atoms with Crippen LogP contribution in [0.4, 0.5) is 0 Å². The highest BCUT2D eigenvalue weighted by Gasteiger charge is 2.06. The van der Waals surface area contributed by atoms with Crippen LogP contribution in [-0.4, -0.2) is 13.1 Å². The van der Waals surface area contributed by atoms with E-state index in [1.807, 2.05) is 6.07 Å². The molecule has 0 bridgehead atoms.